The molecule has 2 aliphatic carbocycles. The molecule has 4 atom stereocenters. The number of fused-ring (bicyclic) bond motifs is 2. The van der Waals surface area contributed by atoms with Crippen LogP contribution in [-0.4, -0.2) is 31.1 Å². The number of carbonyl (C=O) groups excluding carboxylic acids is 1. The predicted octanol–water partition coefficient (Wildman–Crippen LogP) is 1.16. The van der Waals surface area contributed by atoms with Crippen LogP contribution in [0.3, 0.4) is 0 Å². The summed E-state index contributed by atoms with van der Waals surface area (Å²) < 4.78 is 0. The molecule has 2 N–H and O–H groups in total. The van der Waals surface area contributed by atoms with Crippen molar-refractivity contribution in [3.63, 3.8) is 0 Å². The highest BCUT2D eigenvalue weighted by Crippen LogP contribution is 2.61. The molecule has 3 nitrogen and oxygen atoms in total. The minimum atomic E-state index is -0.00192. The van der Waals surface area contributed by atoms with E-state index in [0.717, 1.165) is 25.4 Å². The Morgan fingerprint density at radius 2 is 2.00 bits per heavy atom. The fourth-order valence-corrected chi connectivity index (χ4v) is 4.85. The second-order valence-corrected chi connectivity index (χ2v) is 7.82. The van der Waals surface area contributed by atoms with Crippen LogP contribution < -0.4 is 10.2 Å². The van der Waals surface area contributed by atoms with E-state index >= 15 is 0 Å². The SMILES string of the molecule is CC1(C)[C@H]2CC[C@H](C2)[C@@]1(C)NC(=O)C[NH+]1CC=CCC1. The van der Waals surface area contributed by atoms with Crippen LogP contribution in [0.1, 0.15) is 46.5 Å². The van der Waals surface area contributed by atoms with Crippen molar-refractivity contribution >= 4 is 5.91 Å². The Morgan fingerprint density at radius 3 is 2.60 bits per heavy atom. The number of amides is 1. The highest BCUT2D eigenvalue weighted by atomic mass is 16.2. The first-order valence-electron chi connectivity index (χ1n) is 8.23. The molecule has 20 heavy (non-hydrogen) atoms. The van der Waals surface area contributed by atoms with Gasteiger partial charge in [0.25, 0.3) is 5.91 Å². The van der Waals surface area contributed by atoms with Crippen LogP contribution in [0.4, 0.5) is 0 Å². The lowest BCUT2D eigenvalue weighted by Gasteiger charge is -2.48. The van der Waals surface area contributed by atoms with Crippen molar-refractivity contribution in [1.29, 1.82) is 0 Å². The minimum absolute atomic E-state index is 0.00192. The molecular weight excluding hydrogens is 248 g/mol. The fourth-order valence-electron chi connectivity index (χ4n) is 4.85. The number of carbonyl (C=O) groups is 1. The van der Waals surface area contributed by atoms with Crippen molar-refractivity contribution in [2.45, 2.75) is 52.0 Å². The molecule has 1 heterocycles. The second-order valence-electron chi connectivity index (χ2n) is 7.82. The molecule has 0 spiro atoms. The Hall–Kier alpha value is -0.830. The lowest BCUT2D eigenvalue weighted by molar-refractivity contribution is -0.887. The number of nitrogens with one attached hydrogen (secondary N) is 2. The zero-order chi connectivity index (χ0) is 14.4. The lowest BCUT2D eigenvalue weighted by Crippen LogP contribution is -3.13. The molecule has 112 valence electrons. The van der Waals surface area contributed by atoms with Crippen LogP contribution in [0, 0.1) is 17.3 Å². The molecule has 0 aromatic heterocycles. The van der Waals surface area contributed by atoms with Gasteiger partial charge >= 0.3 is 0 Å². The zero-order valence-electron chi connectivity index (χ0n) is 13.2. The van der Waals surface area contributed by atoms with Gasteiger partial charge < -0.3 is 10.2 Å². The first-order chi connectivity index (χ1) is 9.43. The van der Waals surface area contributed by atoms with Gasteiger partial charge in [0.2, 0.25) is 0 Å². The number of rotatable bonds is 3. The Kier molecular flexibility index (Phi) is 3.44. The average Bonchev–Trinajstić information content (AvgIpc) is 2.94. The highest BCUT2D eigenvalue weighted by molar-refractivity contribution is 5.78. The van der Waals surface area contributed by atoms with Gasteiger partial charge in [-0.05, 0) is 49.5 Å². The largest absolute Gasteiger partial charge is 0.345 e. The summed E-state index contributed by atoms with van der Waals surface area (Å²) in [5, 5.41) is 3.44. The van der Waals surface area contributed by atoms with E-state index in [9.17, 15) is 4.79 Å². The van der Waals surface area contributed by atoms with Gasteiger partial charge in [0.1, 0.15) is 0 Å². The molecule has 0 saturated heterocycles. The second kappa shape index (κ2) is 4.87. The van der Waals surface area contributed by atoms with E-state index in [2.05, 4.69) is 38.2 Å². The van der Waals surface area contributed by atoms with Crippen LogP contribution in [0.5, 0.6) is 0 Å². The standard InChI is InChI=1S/C17H28N2O/c1-16(2)13-7-8-14(11-13)17(16,3)18-15(20)12-19-9-5-4-6-10-19/h4-5,13-14H,6-12H2,1-3H3,(H,18,20)/p+1/t13-,14+,17+/m0/s1. The van der Waals surface area contributed by atoms with Gasteiger partial charge in [-0.3, -0.25) is 4.79 Å². The van der Waals surface area contributed by atoms with Gasteiger partial charge in [-0.25, -0.2) is 0 Å². The van der Waals surface area contributed by atoms with E-state index in [1.165, 1.54) is 24.2 Å². The molecule has 2 saturated carbocycles. The van der Waals surface area contributed by atoms with Crippen LogP contribution in [0.15, 0.2) is 12.2 Å². The molecule has 1 aliphatic heterocycles. The molecule has 0 aromatic rings. The molecule has 2 bridgehead atoms. The smallest absolute Gasteiger partial charge is 0.275 e. The molecular formula is C17H29N2O+. The van der Waals surface area contributed by atoms with E-state index in [4.69, 9.17) is 0 Å². The van der Waals surface area contributed by atoms with Gasteiger partial charge in [-0.1, -0.05) is 19.9 Å². The Bertz CT molecular complexity index is 429. The van der Waals surface area contributed by atoms with E-state index < -0.39 is 0 Å². The quantitative estimate of drug-likeness (QED) is 0.746. The van der Waals surface area contributed by atoms with Gasteiger partial charge in [0.05, 0.1) is 13.1 Å². The minimum Gasteiger partial charge on any atom is -0.345 e. The maximum Gasteiger partial charge on any atom is 0.275 e. The van der Waals surface area contributed by atoms with Crippen molar-refractivity contribution in [2.75, 3.05) is 19.6 Å². The third kappa shape index (κ3) is 2.11. The number of hydrogen-bond acceptors (Lipinski definition) is 1. The highest BCUT2D eigenvalue weighted by Gasteiger charge is 2.60. The van der Waals surface area contributed by atoms with Crippen LogP contribution >= 0.6 is 0 Å². The van der Waals surface area contributed by atoms with E-state index in [-0.39, 0.29) is 16.9 Å². The Morgan fingerprint density at radius 1 is 1.25 bits per heavy atom. The average molecular weight is 277 g/mol. The van der Waals surface area contributed by atoms with Crippen molar-refractivity contribution in [1.82, 2.24) is 5.32 Å². The number of hydrogen-bond donors (Lipinski definition) is 2. The first-order valence-corrected chi connectivity index (χ1v) is 8.23. The van der Waals surface area contributed by atoms with Crippen LogP contribution in [-0.2, 0) is 4.79 Å². The molecule has 0 aromatic carbocycles. The Labute approximate surface area is 122 Å². The van der Waals surface area contributed by atoms with Crippen molar-refractivity contribution < 1.29 is 9.69 Å². The van der Waals surface area contributed by atoms with Crippen molar-refractivity contribution in [2.24, 2.45) is 17.3 Å². The summed E-state index contributed by atoms with van der Waals surface area (Å²) in [5.74, 6) is 1.73. The molecule has 0 radical (unpaired) electrons. The topological polar surface area (TPSA) is 33.5 Å². The molecule has 1 unspecified atom stereocenters. The molecule has 3 aliphatic rings. The van der Waals surface area contributed by atoms with Gasteiger partial charge in [0.15, 0.2) is 6.54 Å². The van der Waals surface area contributed by atoms with E-state index in [1.54, 1.807) is 0 Å². The summed E-state index contributed by atoms with van der Waals surface area (Å²) >= 11 is 0. The van der Waals surface area contributed by atoms with Crippen molar-refractivity contribution in [3.8, 4) is 0 Å². The maximum atomic E-state index is 12.5. The summed E-state index contributed by atoms with van der Waals surface area (Å²) in [6.07, 6.45) is 9.49. The molecule has 3 heteroatoms. The Balaban J connectivity index is 1.64. The van der Waals surface area contributed by atoms with Crippen LogP contribution in [0.2, 0.25) is 0 Å². The summed E-state index contributed by atoms with van der Waals surface area (Å²) in [7, 11) is 0. The summed E-state index contributed by atoms with van der Waals surface area (Å²) in [6.45, 7) is 9.73. The van der Waals surface area contributed by atoms with E-state index in [0.29, 0.717) is 12.5 Å². The third-order valence-corrected chi connectivity index (χ3v) is 6.66. The lowest BCUT2D eigenvalue weighted by atomic mass is 9.64. The summed E-state index contributed by atoms with van der Waals surface area (Å²) in [4.78, 5) is 13.9. The van der Waals surface area contributed by atoms with Gasteiger partial charge in [0, 0.05) is 12.0 Å². The van der Waals surface area contributed by atoms with Gasteiger partial charge in [-0.15, -0.1) is 0 Å². The van der Waals surface area contributed by atoms with Crippen LogP contribution in [0.25, 0.3) is 0 Å². The summed E-state index contributed by atoms with van der Waals surface area (Å²) in [5.41, 5.74) is 0.237. The molecule has 3 rings (SSSR count). The predicted molar refractivity (Wildman–Crippen MR) is 80.5 cm³/mol. The fraction of sp³-hybridized carbons (Fsp3) is 0.824. The maximum absolute atomic E-state index is 12.5. The van der Waals surface area contributed by atoms with E-state index in [1.807, 2.05) is 0 Å². The summed E-state index contributed by atoms with van der Waals surface area (Å²) in [6, 6.07) is 0. The zero-order valence-corrected chi connectivity index (χ0v) is 13.2. The first kappa shape index (κ1) is 14.1. The normalized spacial score (nSPS) is 41.9. The molecule has 2 fully saturated rings. The molecule has 1 amide bonds. The van der Waals surface area contributed by atoms with Gasteiger partial charge in [-0.2, -0.15) is 0 Å². The van der Waals surface area contributed by atoms with Crippen molar-refractivity contribution in [3.05, 3.63) is 12.2 Å². The number of quaternary nitrogens is 1. The third-order valence-electron chi connectivity index (χ3n) is 6.66. The monoisotopic (exact) mass is 277 g/mol.